The van der Waals surface area contributed by atoms with Gasteiger partial charge in [0.2, 0.25) is 0 Å². The second-order valence-corrected chi connectivity index (χ2v) is 8.23. The van der Waals surface area contributed by atoms with Gasteiger partial charge in [-0.15, -0.1) is 11.3 Å². The molecule has 29 heavy (non-hydrogen) atoms. The van der Waals surface area contributed by atoms with Crippen molar-refractivity contribution in [2.75, 3.05) is 13.1 Å². The SMILES string of the molecule is Cc1ccc(-c2nc(C)c(C(=O)NCc3cccc(C(=O)N4CCCC4)c3)s2)o1. The van der Waals surface area contributed by atoms with E-state index in [1.54, 1.807) is 0 Å². The lowest BCUT2D eigenvalue weighted by Crippen LogP contribution is -2.28. The van der Waals surface area contributed by atoms with Crippen LogP contribution in [0.1, 0.15) is 49.9 Å². The minimum atomic E-state index is -0.175. The zero-order valence-electron chi connectivity index (χ0n) is 16.5. The molecule has 0 bridgehead atoms. The van der Waals surface area contributed by atoms with Crippen LogP contribution in [0.2, 0.25) is 0 Å². The molecule has 0 aliphatic carbocycles. The van der Waals surface area contributed by atoms with Crippen LogP contribution < -0.4 is 5.32 Å². The van der Waals surface area contributed by atoms with Gasteiger partial charge in [-0.3, -0.25) is 9.59 Å². The van der Waals surface area contributed by atoms with Gasteiger partial charge in [0, 0.05) is 25.2 Å². The van der Waals surface area contributed by atoms with Crippen LogP contribution in [0.5, 0.6) is 0 Å². The molecule has 1 aliphatic rings. The lowest BCUT2D eigenvalue weighted by molar-refractivity contribution is 0.0792. The number of rotatable bonds is 5. The molecular weight excluding hydrogens is 386 g/mol. The van der Waals surface area contributed by atoms with E-state index in [1.807, 2.05) is 55.1 Å². The van der Waals surface area contributed by atoms with E-state index in [2.05, 4.69) is 10.3 Å². The van der Waals surface area contributed by atoms with Crippen LogP contribution in [0.3, 0.4) is 0 Å². The number of hydrogen-bond donors (Lipinski definition) is 1. The Hall–Kier alpha value is -2.93. The fraction of sp³-hybridized carbons (Fsp3) is 0.318. The number of hydrogen-bond acceptors (Lipinski definition) is 5. The van der Waals surface area contributed by atoms with Crippen molar-refractivity contribution in [1.82, 2.24) is 15.2 Å². The summed E-state index contributed by atoms with van der Waals surface area (Å²) in [5.41, 5.74) is 2.24. The van der Waals surface area contributed by atoms with Gasteiger partial charge in [-0.1, -0.05) is 12.1 Å². The first-order valence-electron chi connectivity index (χ1n) is 9.72. The largest absolute Gasteiger partial charge is 0.459 e. The standard InChI is InChI=1S/C22H23N3O3S/c1-14-8-9-18(28-14)21-24-15(2)19(29-21)20(26)23-13-16-6-5-7-17(12-16)22(27)25-10-3-4-11-25/h5-9,12H,3-4,10-11,13H2,1-2H3,(H,23,26). The normalized spacial score (nSPS) is 13.7. The fourth-order valence-corrected chi connectivity index (χ4v) is 4.39. The Morgan fingerprint density at radius 2 is 1.97 bits per heavy atom. The molecule has 2 amide bonds. The molecule has 0 atom stereocenters. The summed E-state index contributed by atoms with van der Waals surface area (Å²) in [4.78, 5) is 32.2. The number of furan rings is 1. The zero-order chi connectivity index (χ0) is 20.4. The molecule has 1 saturated heterocycles. The van der Waals surface area contributed by atoms with Crippen molar-refractivity contribution < 1.29 is 14.0 Å². The Kier molecular flexibility index (Phi) is 5.49. The summed E-state index contributed by atoms with van der Waals surface area (Å²) >= 11 is 1.32. The van der Waals surface area contributed by atoms with Crippen molar-refractivity contribution in [3.05, 3.63) is 63.9 Å². The number of nitrogens with one attached hydrogen (secondary N) is 1. The quantitative estimate of drug-likeness (QED) is 0.686. The second kappa shape index (κ2) is 8.21. The van der Waals surface area contributed by atoms with E-state index in [-0.39, 0.29) is 11.8 Å². The molecule has 150 valence electrons. The molecule has 6 nitrogen and oxygen atoms in total. The molecule has 0 radical (unpaired) electrons. The van der Waals surface area contributed by atoms with Crippen molar-refractivity contribution in [3.63, 3.8) is 0 Å². The molecule has 1 N–H and O–H groups in total. The summed E-state index contributed by atoms with van der Waals surface area (Å²) in [6, 6.07) is 11.2. The first-order valence-corrected chi connectivity index (χ1v) is 10.5. The van der Waals surface area contributed by atoms with Gasteiger partial charge < -0.3 is 14.6 Å². The highest BCUT2D eigenvalue weighted by Crippen LogP contribution is 2.29. The monoisotopic (exact) mass is 409 g/mol. The predicted molar refractivity (Wildman–Crippen MR) is 112 cm³/mol. The third-order valence-electron chi connectivity index (χ3n) is 4.97. The van der Waals surface area contributed by atoms with Gasteiger partial charge in [-0.2, -0.15) is 0 Å². The topological polar surface area (TPSA) is 75.4 Å². The first-order chi connectivity index (χ1) is 14.0. The molecule has 2 aromatic heterocycles. The molecule has 3 aromatic rings. The van der Waals surface area contributed by atoms with Crippen molar-refractivity contribution in [3.8, 4) is 10.8 Å². The van der Waals surface area contributed by atoms with E-state index in [0.29, 0.717) is 33.4 Å². The summed E-state index contributed by atoms with van der Waals surface area (Å²) in [5, 5.41) is 3.63. The van der Waals surface area contributed by atoms with Gasteiger partial charge in [0.25, 0.3) is 11.8 Å². The maximum Gasteiger partial charge on any atom is 0.263 e. The van der Waals surface area contributed by atoms with Gasteiger partial charge in [0.1, 0.15) is 10.6 Å². The number of amides is 2. The van der Waals surface area contributed by atoms with Crippen LogP contribution in [-0.4, -0.2) is 34.8 Å². The summed E-state index contributed by atoms with van der Waals surface area (Å²) in [6.45, 7) is 5.69. The number of aryl methyl sites for hydroxylation is 2. The molecule has 7 heteroatoms. The summed E-state index contributed by atoms with van der Waals surface area (Å²) in [7, 11) is 0. The van der Waals surface area contributed by atoms with E-state index in [1.165, 1.54) is 11.3 Å². The Morgan fingerprint density at radius 3 is 2.69 bits per heavy atom. The number of carbonyl (C=O) groups is 2. The van der Waals surface area contributed by atoms with Crippen LogP contribution in [0.25, 0.3) is 10.8 Å². The van der Waals surface area contributed by atoms with Gasteiger partial charge >= 0.3 is 0 Å². The van der Waals surface area contributed by atoms with Crippen molar-refractivity contribution >= 4 is 23.2 Å². The van der Waals surface area contributed by atoms with Crippen LogP contribution >= 0.6 is 11.3 Å². The minimum absolute atomic E-state index is 0.0624. The third kappa shape index (κ3) is 4.24. The lowest BCUT2D eigenvalue weighted by atomic mass is 10.1. The lowest BCUT2D eigenvalue weighted by Gasteiger charge is -2.15. The van der Waals surface area contributed by atoms with Crippen molar-refractivity contribution in [2.24, 2.45) is 0 Å². The highest BCUT2D eigenvalue weighted by molar-refractivity contribution is 7.17. The molecule has 0 saturated carbocycles. The molecule has 4 rings (SSSR count). The molecule has 0 spiro atoms. The van der Waals surface area contributed by atoms with E-state index in [9.17, 15) is 9.59 Å². The van der Waals surface area contributed by atoms with E-state index in [0.717, 1.165) is 37.3 Å². The summed E-state index contributed by atoms with van der Waals surface area (Å²) < 4.78 is 5.60. The number of aromatic nitrogens is 1. The van der Waals surface area contributed by atoms with E-state index >= 15 is 0 Å². The maximum absolute atomic E-state index is 12.7. The Balaban J connectivity index is 1.43. The minimum Gasteiger partial charge on any atom is -0.459 e. The van der Waals surface area contributed by atoms with Gasteiger partial charge in [-0.05, 0) is 56.5 Å². The zero-order valence-corrected chi connectivity index (χ0v) is 17.3. The molecule has 1 aliphatic heterocycles. The number of benzene rings is 1. The fourth-order valence-electron chi connectivity index (χ4n) is 3.44. The maximum atomic E-state index is 12.7. The molecule has 1 aromatic carbocycles. The molecular formula is C22H23N3O3S. The van der Waals surface area contributed by atoms with Crippen molar-refractivity contribution in [2.45, 2.75) is 33.2 Å². The van der Waals surface area contributed by atoms with Crippen LogP contribution in [0.15, 0.2) is 40.8 Å². The smallest absolute Gasteiger partial charge is 0.263 e. The average Bonchev–Trinajstić information content (AvgIpc) is 3.47. The number of carbonyl (C=O) groups excluding carboxylic acids is 2. The first kappa shape index (κ1) is 19.4. The molecule has 1 fully saturated rings. The van der Waals surface area contributed by atoms with E-state index in [4.69, 9.17) is 4.42 Å². The van der Waals surface area contributed by atoms with Gasteiger partial charge in [0.15, 0.2) is 10.8 Å². The Morgan fingerprint density at radius 1 is 1.17 bits per heavy atom. The summed E-state index contributed by atoms with van der Waals surface area (Å²) in [6.07, 6.45) is 2.13. The molecule has 3 heterocycles. The second-order valence-electron chi connectivity index (χ2n) is 7.23. The van der Waals surface area contributed by atoms with Crippen LogP contribution in [0, 0.1) is 13.8 Å². The van der Waals surface area contributed by atoms with Gasteiger partial charge in [0.05, 0.1) is 5.69 Å². The Labute approximate surface area is 173 Å². The highest BCUT2D eigenvalue weighted by atomic mass is 32.1. The summed E-state index contributed by atoms with van der Waals surface area (Å²) in [5.74, 6) is 1.36. The van der Waals surface area contributed by atoms with Gasteiger partial charge in [-0.25, -0.2) is 4.98 Å². The number of likely N-dealkylation sites (tertiary alicyclic amines) is 1. The van der Waals surface area contributed by atoms with Crippen molar-refractivity contribution in [1.29, 1.82) is 0 Å². The Bertz CT molecular complexity index is 1050. The highest BCUT2D eigenvalue weighted by Gasteiger charge is 2.20. The van der Waals surface area contributed by atoms with Crippen LogP contribution in [-0.2, 0) is 6.54 Å². The molecule has 0 unspecified atom stereocenters. The number of nitrogens with zero attached hydrogens (tertiary/aromatic N) is 2. The number of thiazole rings is 1. The van der Waals surface area contributed by atoms with E-state index < -0.39 is 0 Å². The third-order valence-corrected chi connectivity index (χ3v) is 6.14. The van der Waals surface area contributed by atoms with Crippen LogP contribution in [0.4, 0.5) is 0 Å². The average molecular weight is 410 g/mol. The predicted octanol–water partition coefficient (Wildman–Crippen LogP) is 4.19.